The van der Waals surface area contributed by atoms with Crippen LogP contribution in [0.3, 0.4) is 0 Å². The summed E-state index contributed by atoms with van der Waals surface area (Å²) in [5.74, 6) is 1.25. The number of amides is 3. The molecule has 4 rings (SSSR count). The molecule has 0 bridgehead atoms. The molecule has 3 N–H and O–H groups in total. The van der Waals surface area contributed by atoms with E-state index >= 15 is 0 Å². The van der Waals surface area contributed by atoms with E-state index in [4.69, 9.17) is 4.74 Å². The van der Waals surface area contributed by atoms with Crippen molar-refractivity contribution in [2.24, 2.45) is 7.05 Å². The maximum Gasteiger partial charge on any atom is 0.319 e. The van der Waals surface area contributed by atoms with Crippen LogP contribution < -0.4 is 20.7 Å². The average Bonchev–Trinajstić information content (AvgIpc) is 3.46. The first-order chi connectivity index (χ1) is 14.6. The predicted octanol–water partition coefficient (Wildman–Crippen LogP) is 3.54. The number of imidazole rings is 1. The summed E-state index contributed by atoms with van der Waals surface area (Å²) in [4.78, 5) is 28.6. The molecule has 8 heteroatoms. The molecule has 1 saturated carbocycles. The fraction of sp³-hybridized carbons (Fsp3) is 0.227. The van der Waals surface area contributed by atoms with Gasteiger partial charge in [-0.05, 0) is 55.3 Å². The second kappa shape index (κ2) is 8.69. The van der Waals surface area contributed by atoms with Gasteiger partial charge < -0.3 is 25.3 Å². The minimum Gasteiger partial charge on any atom is -0.486 e. The third-order valence-electron chi connectivity index (χ3n) is 4.70. The SMILES string of the molecule is Cn1ccnc1COc1ccc(NC(=O)c2cccc(NC(=O)NC3CC3)c2)cc1. The largest absolute Gasteiger partial charge is 0.486 e. The van der Waals surface area contributed by atoms with Crippen LogP contribution >= 0.6 is 0 Å². The molecular formula is C22H23N5O3. The number of anilines is 2. The van der Waals surface area contributed by atoms with Gasteiger partial charge in [-0.2, -0.15) is 0 Å². The standard InChI is InChI=1S/C22H23N5O3/c1-27-12-11-23-20(27)14-30-19-9-7-16(8-10-19)24-21(28)15-3-2-4-18(13-15)26-22(29)25-17-5-6-17/h2-4,7-13,17H,5-6,14H2,1H3,(H,24,28)(H2,25,26,29). The lowest BCUT2D eigenvalue weighted by Crippen LogP contribution is -2.30. The van der Waals surface area contributed by atoms with Crippen LogP contribution in [0.15, 0.2) is 60.9 Å². The lowest BCUT2D eigenvalue weighted by Gasteiger charge is -2.10. The molecule has 1 aliphatic carbocycles. The summed E-state index contributed by atoms with van der Waals surface area (Å²) < 4.78 is 7.61. The third kappa shape index (κ3) is 5.16. The predicted molar refractivity (Wildman–Crippen MR) is 114 cm³/mol. The lowest BCUT2D eigenvalue weighted by atomic mass is 10.2. The van der Waals surface area contributed by atoms with Crippen LogP contribution in [-0.4, -0.2) is 27.5 Å². The first kappa shape index (κ1) is 19.5. The molecule has 1 aliphatic rings. The normalized spacial score (nSPS) is 12.8. The number of hydrogen-bond donors (Lipinski definition) is 3. The van der Waals surface area contributed by atoms with Crippen LogP contribution in [0.4, 0.5) is 16.2 Å². The molecular weight excluding hydrogens is 382 g/mol. The van der Waals surface area contributed by atoms with E-state index in [0.29, 0.717) is 29.3 Å². The van der Waals surface area contributed by atoms with Crippen LogP contribution in [0.1, 0.15) is 29.0 Å². The van der Waals surface area contributed by atoms with Crippen LogP contribution in [-0.2, 0) is 13.7 Å². The highest BCUT2D eigenvalue weighted by atomic mass is 16.5. The van der Waals surface area contributed by atoms with Crippen LogP contribution in [0.2, 0.25) is 0 Å². The highest BCUT2D eigenvalue weighted by Crippen LogP contribution is 2.20. The Morgan fingerprint density at radius 3 is 2.60 bits per heavy atom. The van der Waals surface area contributed by atoms with Gasteiger partial charge in [-0.25, -0.2) is 9.78 Å². The van der Waals surface area contributed by atoms with Crippen LogP contribution in [0, 0.1) is 0 Å². The van der Waals surface area contributed by atoms with Crippen molar-refractivity contribution in [1.82, 2.24) is 14.9 Å². The summed E-state index contributed by atoms with van der Waals surface area (Å²) >= 11 is 0. The van der Waals surface area contributed by atoms with Gasteiger partial charge >= 0.3 is 6.03 Å². The van der Waals surface area contributed by atoms with Gasteiger partial charge in [0.15, 0.2) is 0 Å². The fourth-order valence-corrected chi connectivity index (χ4v) is 2.84. The van der Waals surface area contributed by atoms with Crippen molar-refractivity contribution >= 4 is 23.3 Å². The number of nitrogens with one attached hydrogen (secondary N) is 3. The minimum absolute atomic E-state index is 0.254. The van der Waals surface area contributed by atoms with Gasteiger partial charge in [-0.1, -0.05) is 6.07 Å². The quantitative estimate of drug-likeness (QED) is 0.560. The van der Waals surface area contributed by atoms with E-state index in [2.05, 4.69) is 20.9 Å². The Kier molecular flexibility index (Phi) is 5.65. The summed E-state index contributed by atoms with van der Waals surface area (Å²) in [6.07, 6.45) is 5.62. The van der Waals surface area contributed by atoms with Crippen LogP contribution in [0.25, 0.3) is 0 Å². The Hall–Kier alpha value is -3.81. The number of carbonyl (C=O) groups excluding carboxylic acids is 2. The molecule has 0 spiro atoms. The van der Waals surface area contributed by atoms with Crippen molar-refractivity contribution < 1.29 is 14.3 Å². The molecule has 30 heavy (non-hydrogen) atoms. The Labute approximate surface area is 174 Å². The first-order valence-electron chi connectivity index (χ1n) is 9.75. The van der Waals surface area contributed by atoms with Gasteiger partial charge in [0.1, 0.15) is 18.2 Å². The molecule has 1 aromatic heterocycles. The summed E-state index contributed by atoms with van der Waals surface area (Å²) in [5.41, 5.74) is 1.67. The van der Waals surface area contributed by atoms with Crippen molar-refractivity contribution in [3.05, 3.63) is 72.3 Å². The minimum atomic E-state index is -0.261. The van der Waals surface area contributed by atoms with Crippen molar-refractivity contribution in [2.75, 3.05) is 10.6 Å². The number of aromatic nitrogens is 2. The van der Waals surface area contributed by atoms with Gasteiger partial charge in [0.25, 0.3) is 5.91 Å². The fourth-order valence-electron chi connectivity index (χ4n) is 2.84. The van der Waals surface area contributed by atoms with E-state index < -0.39 is 0 Å². The van der Waals surface area contributed by atoms with E-state index in [-0.39, 0.29) is 18.0 Å². The Balaban J connectivity index is 1.32. The van der Waals surface area contributed by atoms with E-state index in [9.17, 15) is 9.59 Å². The topological polar surface area (TPSA) is 97.3 Å². The Bertz CT molecular complexity index is 1040. The van der Waals surface area contributed by atoms with Crippen molar-refractivity contribution in [3.63, 3.8) is 0 Å². The van der Waals surface area contributed by atoms with Crippen LogP contribution in [0.5, 0.6) is 5.75 Å². The van der Waals surface area contributed by atoms with E-state index in [0.717, 1.165) is 18.7 Å². The Morgan fingerprint density at radius 1 is 1.10 bits per heavy atom. The number of ether oxygens (including phenoxy) is 1. The van der Waals surface area contributed by atoms with E-state index in [1.54, 1.807) is 54.7 Å². The third-order valence-corrected chi connectivity index (χ3v) is 4.70. The number of urea groups is 1. The Morgan fingerprint density at radius 2 is 1.90 bits per heavy atom. The molecule has 0 aliphatic heterocycles. The molecule has 3 amide bonds. The molecule has 154 valence electrons. The lowest BCUT2D eigenvalue weighted by molar-refractivity contribution is 0.102. The molecule has 3 aromatic rings. The number of aryl methyl sites for hydroxylation is 1. The molecule has 0 radical (unpaired) electrons. The zero-order valence-electron chi connectivity index (χ0n) is 16.6. The van der Waals surface area contributed by atoms with Crippen molar-refractivity contribution in [3.8, 4) is 5.75 Å². The maximum absolute atomic E-state index is 12.6. The summed E-state index contributed by atoms with van der Waals surface area (Å²) in [7, 11) is 1.91. The number of carbonyl (C=O) groups is 2. The highest BCUT2D eigenvalue weighted by Gasteiger charge is 2.23. The zero-order chi connectivity index (χ0) is 20.9. The molecule has 2 aromatic carbocycles. The number of rotatable bonds is 7. The molecule has 1 heterocycles. The zero-order valence-corrected chi connectivity index (χ0v) is 16.6. The van der Waals surface area contributed by atoms with Gasteiger partial charge in [-0.3, -0.25) is 4.79 Å². The second-order valence-electron chi connectivity index (χ2n) is 7.18. The highest BCUT2D eigenvalue weighted by molar-refractivity contribution is 6.05. The summed E-state index contributed by atoms with van der Waals surface area (Å²) in [5, 5.41) is 8.45. The monoisotopic (exact) mass is 405 g/mol. The summed E-state index contributed by atoms with van der Waals surface area (Å²) in [6, 6.07) is 14.0. The molecule has 0 atom stereocenters. The summed E-state index contributed by atoms with van der Waals surface area (Å²) in [6.45, 7) is 0.364. The number of benzene rings is 2. The molecule has 8 nitrogen and oxygen atoms in total. The second-order valence-corrected chi connectivity index (χ2v) is 7.18. The average molecular weight is 405 g/mol. The van der Waals surface area contributed by atoms with Gasteiger partial charge in [0.05, 0.1) is 0 Å². The van der Waals surface area contributed by atoms with Gasteiger partial charge in [0, 0.05) is 42.4 Å². The van der Waals surface area contributed by atoms with Crippen molar-refractivity contribution in [1.29, 1.82) is 0 Å². The first-order valence-corrected chi connectivity index (χ1v) is 9.75. The molecule has 0 saturated heterocycles. The van der Waals surface area contributed by atoms with E-state index in [1.807, 2.05) is 17.8 Å². The van der Waals surface area contributed by atoms with E-state index in [1.165, 1.54) is 0 Å². The molecule has 0 unspecified atom stereocenters. The van der Waals surface area contributed by atoms with Gasteiger partial charge in [-0.15, -0.1) is 0 Å². The van der Waals surface area contributed by atoms with Crippen molar-refractivity contribution in [2.45, 2.75) is 25.5 Å². The smallest absolute Gasteiger partial charge is 0.319 e. The number of nitrogens with zero attached hydrogens (tertiary/aromatic N) is 2. The number of hydrogen-bond acceptors (Lipinski definition) is 4. The molecule has 1 fully saturated rings. The van der Waals surface area contributed by atoms with Gasteiger partial charge in [0.2, 0.25) is 0 Å². The maximum atomic E-state index is 12.6.